The molecule has 1 aromatic rings. The van der Waals surface area contributed by atoms with Crippen LogP contribution in [0.4, 0.5) is 0 Å². The second kappa shape index (κ2) is 4.13. The molecule has 0 spiro atoms. The normalized spacial score (nSPS) is 8.00. The first kappa shape index (κ1) is 8.21. The van der Waals surface area contributed by atoms with E-state index in [9.17, 15) is 0 Å². The minimum absolute atomic E-state index is 0.873. The van der Waals surface area contributed by atoms with Gasteiger partial charge in [0.25, 0.3) is 0 Å². The molecular weight excluding hydrogens is 114 g/mol. The van der Waals surface area contributed by atoms with Crippen LogP contribution in [0.25, 0.3) is 0 Å². The van der Waals surface area contributed by atoms with Gasteiger partial charge < -0.3 is 4.52 Å². The Morgan fingerprint density at radius 3 is 2.00 bits per heavy atom. The highest BCUT2D eigenvalue weighted by molar-refractivity contribution is 4.99. The van der Waals surface area contributed by atoms with E-state index < -0.39 is 0 Å². The first-order valence-electron chi connectivity index (χ1n) is 3.19. The highest BCUT2D eigenvalue weighted by Gasteiger charge is 1.88. The summed E-state index contributed by atoms with van der Waals surface area (Å²) in [6, 6.07) is 1.89. The molecule has 0 bridgehead atoms. The second-order valence-corrected chi connectivity index (χ2v) is 1.58. The van der Waals surface area contributed by atoms with Gasteiger partial charge in [0.15, 0.2) is 0 Å². The first-order chi connectivity index (χ1) is 4.29. The third-order valence-corrected chi connectivity index (χ3v) is 0.746. The SMILES string of the molecule is CC.Cc1cc(C)on1. The Bertz CT molecular complexity index is 141. The van der Waals surface area contributed by atoms with Crippen molar-refractivity contribution in [1.29, 1.82) is 0 Å². The average Bonchev–Trinajstić information content (AvgIpc) is 2.20. The largest absolute Gasteiger partial charge is 0.361 e. The summed E-state index contributed by atoms with van der Waals surface area (Å²) in [7, 11) is 0. The van der Waals surface area contributed by atoms with Gasteiger partial charge in [0.2, 0.25) is 0 Å². The van der Waals surface area contributed by atoms with Crippen LogP contribution in [-0.2, 0) is 0 Å². The zero-order valence-corrected chi connectivity index (χ0v) is 6.43. The molecule has 0 atom stereocenters. The fraction of sp³-hybridized carbons (Fsp3) is 0.571. The molecule has 1 heterocycles. The van der Waals surface area contributed by atoms with Gasteiger partial charge in [-0.25, -0.2) is 0 Å². The van der Waals surface area contributed by atoms with Gasteiger partial charge >= 0.3 is 0 Å². The molecule has 0 aliphatic carbocycles. The molecule has 9 heavy (non-hydrogen) atoms. The molecule has 2 nitrogen and oxygen atoms in total. The summed E-state index contributed by atoms with van der Waals surface area (Å²) in [5.74, 6) is 0.873. The van der Waals surface area contributed by atoms with E-state index in [1.54, 1.807) is 0 Å². The lowest BCUT2D eigenvalue weighted by molar-refractivity contribution is 0.393. The molecule has 0 aliphatic heterocycles. The van der Waals surface area contributed by atoms with Crippen LogP contribution >= 0.6 is 0 Å². The Hall–Kier alpha value is -0.790. The van der Waals surface area contributed by atoms with Crippen molar-refractivity contribution in [3.8, 4) is 0 Å². The van der Waals surface area contributed by atoms with E-state index in [-0.39, 0.29) is 0 Å². The lowest BCUT2D eigenvalue weighted by Gasteiger charge is -1.65. The minimum Gasteiger partial charge on any atom is -0.361 e. The standard InChI is InChI=1S/C5H7NO.C2H6/c1-4-3-5(2)7-6-4;1-2/h3H,1-2H3;1-2H3. The number of aryl methyl sites for hydroxylation is 2. The van der Waals surface area contributed by atoms with Crippen LogP contribution in [0.5, 0.6) is 0 Å². The van der Waals surface area contributed by atoms with Crippen molar-refractivity contribution in [2.75, 3.05) is 0 Å². The molecule has 0 N–H and O–H groups in total. The van der Waals surface area contributed by atoms with Gasteiger partial charge in [0, 0.05) is 6.07 Å². The molecule has 0 fully saturated rings. The molecule has 1 rings (SSSR count). The van der Waals surface area contributed by atoms with Crippen LogP contribution < -0.4 is 0 Å². The van der Waals surface area contributed by atoms with Gasteiger partial charge in [0.1, 0.15) is 5.76 Å². The fourth-order valence-electron chi connectivity index (χ4n) is 0.491. The van der Waals surface area contributed by atoms with Crippen molar-refractivity contribution < 1.29 is 4.52 Å². The van der Waals surface area contributed by atoms with Crippen LogP contribution in [0.2, 0.25) is 0 Å². The molecule has 0 radical (unpaired) electrons. The third kappa shape index (κ3) is 2.90. The van der Waals surface area contributed by atoms with Crippen LogP contribution in [0.1, 0.15) is 25.3 Å². The average molecular weight is 127 g/mol. The van der Waals surface area contributed by atoms with Crippen LogP contribution in [0.15, 0.2) is 10.6 Å². The Morgan fingerprint density at radius 1 is 1.33 bits per heavy atom. The number of rotatable bonds is 0. The molecule has 52 valence electrons. The summed E-state index contributed by atoms with van der Waals surface area (Å²) in [5, 5.41) is 3.64. The number of hydrogen-bond donors (Lipinski definition) is 0. The molecular formula is C7H13NO. The molecule has 0 amide bonds. The lowest BCUT2D eigenvalue weighted by atomic mass is 10.4. The number of nitrogens with zero attached hydrogens (tertiary/aromatic N) is 1. The maximum Gasteiger partial charge on any atom is 0.133 e. The number of hydrogen-bond acceptors (Lipinski definition) is 2. The smallest absolute Gasteiger partial charge is 0.133 e. The van der Waals surface area contributed by atoms with Crippen LogP contribution in [0, 0.1) is 13.8 Å². The molecule has 0 saturated heterocycles. The molecule has 1 aromatic heterocycles. The summed E-state index contributed by atoms with van der Waals surface area (Å²) in [6.07, 6.45) is 0. The maximum atomic E-state index is 4.71. The predicted octanol–water partition coefficient (Wildman–Crippen LogP) is 2.32. The monoisotopic (exact) mass is 127 g/mol. The van der Waals surface area contributed by atoms with Crippen molar-refractivity contribution in [3.63, 3.8) is 0 Å². The predicted molar refractivity (Wildman–Crippen MR) is 37.3 cm³/mol. The van der Waals surface area contributed by atoms with Crippen LogP contribution in [-0.4, -0.2) is 5.16 Å². The van der Waals surface area contributed by atoms with Crippen molar-refractivity contribution in [2.45, 2.75) is 27.7 Å². The van der Waals surface area contributed by atoms with Crippen molar-refractivity contribution in [2.24, 2.45) is 0 Å². The fourth-order valence-corrected chi connectivity index (χ4v) is 0.491. The van der Waals surface area contributed by atoms with Crippen LogP contribution in [0.3, 0.4) is 0 Å². The highest BCUT2D eigenvalue weighted by Crippen LogP contribution is 1.96. The van der Waals surface area contributed by atoms with Gasteiger partial charge in [0.05, 0.1) is 5.69 Å². The Kier molecular flexibility index (Phi) is 3.76. The molecule has 0 saturated carbocycles. The number of aromatic nitrogens is 1. The Labute approximate surface area is 55.9 Å². The summed E-state index contributed by atoms with van der Waals surface area (Å²) in [6.45, 7) is 7.77. The van der Waals surface area contributed by atoms with E-state index in [1.807, 2.05) is 33.8 Å². The topological polar surface area (TPSA) is 26.0 Å². The summed E-state index contributed by atoms with van der Waals surface area (Å²) in [5.41, 5.74) is 0.942. The molecule has 0 unspecified atom stereocenters. The lowest BCUT2D eigenvalue weighted by Crippen LogP contribution is -1.59. The van der Waals surface area contributed by atoms with Gasteiger partial charge in [-0.05, 0) is 13.8 Å². The van der Waals surface area contributed by atoms with Gasteiger partial charge in [-0.3, -0.25) is 0 Å². The van der Waals surface area contributed by atoms with E-state index in [4.69, 9.17) is 4.52 Å². The zero-order valence-electron chi connectivity index (χ0n) is 6.43. The van der Waals surface area contributed by atoms with E-state index in [1.165, 1.54) is 0 Å². The molecule has 0 aliphatic rings. The van der Waals surface area contributed by atoms with E-state index in [0.29, 0.717) is 0 Å². The summed E-state index contributed by atoms with van der Waals surface area (Å²) < 4.78 is 4.71. The van der Waals surface area contributed by atoms with Gasteiger partial charge in [-0.2, -0.15) is 0 Å². The van der Waals surface area contributed by atoms with Crippen molar-refractivity contribution in [3.05, 3.63) is 17.5 Å². The van der Waals surface area contributed by atoms with Crippen molar-refractivity contribution in [1.82, 2.24) is 5.16 Å². The van der Waals surface area contributed by atoms with Gasteiger partial charge in [-0.15, -0.1) is 0 Å². The third-order valence-electron chi connectivity index (χ3n) is 0.746. The molecule has 2 heteroatoms. The summed E-state index contributed by atoms with van der Waals surface area (Å²) >= 11 is 0. The van der Waals surface area contributed by atoms with Crippen molar-refractivity contribution >= 4 is 0 Å². The maximum absolute atomic E-state index is 4.71. The van der Waals surface area contributed by atoms with E-state index in [2.05, 4.69) is 5.16 Å². The first-order valence-corrected chi connectivity index (χ1v) is 3.19. The Balaban J connectivity index is 0.000000291. The van der Waals surface area contributed by atoms with E-state index >= 15 is 0 Å². The highest BCUT2D eigenvalue weighted by atomic mass is 16.5. The zero-order chi connectivity index (χ0) is 7.28. The second-order valence-electron chi connectivity index (χ2n) is 1.58. The summed E-state index contributed by atoms with van der Waals surface area (Å²) in [4.78, 5) is 0. The quantitative estimate of drug-likeness (QED) is 0.534. The Morgan fingerprint density at radius 2 is 1.89 bits per heavy atom. The van der Waals surface area contributed by atoms with Gasteiger partial charge in [-0.1, -0.05) is 19.0 Å². The molecule has 0 aromatic carbocycles. The minimum atomic E-state index is 0.873. The van der Waals surface area contributed by atoms with E-state index in [0.717, 1.165) is 11.5 Å².